The summed E-state index contributed by atoms with van der Waals surface area (Å²) >= 11 is 0. The van der Waals surface area contributed by atoms with E-state index in [4.69, 9.17) is 10.5 Å². The van der Waals surface area contributed by atoms with Crippen LogP contribution in [0.2, 0.25) is 0 Å². The second kappa shape index (κ2) is 6.00. The van der Waals surface area contributed by atoms with Crippen molar-refractivity contribution in [2.24, 2.45) is 0 Å². The maximum Gasteiger partial charge on any atom is 0.338 e. The van der Waals surface area contributed by atoms with Crippen molar-refractivity contribution in [3.8, 4) is 0 Å². The molecule has 0 atom stereocenters. The first-order valence-electron chi connectivity index (χ1n) is 6.09. The fraction of sp³-hybridized carbons (Fsp3) is 0.200. The fourth-order valence-electron chi connectivity index (χ4n) is 1.66. The molecule has 98 valence electrons. The average Bonchev–Trinajstić information content (AvgIpc) is 2.43. The number of hydrogen-bond donors (Lipinski definition) is 1. The van der Waals surface area contributed by atoms with Gasteiger partial charge >= 0.3 is 5.97 Å². The number of rotatable bonds is 4. The molecule has 4 nitrogen and oxygen atoms in total. The maximum absolute atomic E-state index is 11.8. The van der Waals surface area contributed by atoms with Gasteiger partial charge < -0.3 is 10.5 Å². The van der Waals surface area contributed by atoms with Gasteiger partial charge in [0.15, 0.2) is 0 Å². The molecule has 4 heteroatoms. The first-order valence-corrected chi connectivity index (χ1v) is 6.09. The number of benzene rings is 1. The fourth-order valence-corrected chi connectivity index (χ4v) is 1.66. The van der Waals surface area contributed by atoms with Crippen LogP contribution < -0.4 is 5.73 Å². The quantitative estimate of drug-likeness (QED) is 0.673. The van der Waals surface area contributed by atoms with Gasteiger partial charge in [-0.3, -0.25) is 4.98 Å². The summed E-state index contributed by atoms with van der Waals surface area (Å²) in [6.45, 7) is 2.23. The molecule has 1 aromatic heterocycles. The summed E-state index contributed by atoms with van der Waals surface area (Å²) in [6, 6.07) is 8.98. The van der Waals surface area contributed by atoms with E-state index in [0.29, 0.717) is 24.3 Å². The third-order valence-corrected chi connectivity index (χ3v) is 2.86. The number of carbonyl (C=O) groups excluding carboxylic acids is 1. The molecule has 1 heterocycles. The molecule has 1 aromatic carbocycles. The molecule has 0 radical (unpaired) electrons. The number of esters is 1. The van der Waals surface area contributed by atoms with Gasteiger partial charge in [0, 0.05) is 24.5 Å². The smallest absolute Gasteiger partial charge is 0.338 e. The molecule has 0 aliphatic carbocycles. The molecule has 0 unspecified atom stereocenters. The highest BCUT2D eigenvalue weighted by Crippen LogP contribution is 2.13. The van der Waals surface area contributed by atoms with Gasteiger partial charge in [-0.05, 0) is 36.2 Å². The first kappa shape index (κ1) is 13.1. The zero-order valence-corrected chi connectivity index (χ0v) is 10.8. The van der Waals surface area contributed by atoms with E-state index in [0.717, 1.165) is 11.1 Å². The van der Waals surface area contributed by atoms with Gasteiger partial charge in [-0.2, -0.15) is 0 Å². The van der Waals surface area contributed by atoms with E-state index in [1.807, 2.05) is 25.1 Å². The third-order valence-electron chi connectivity index (χ3n) is 2.86. The summed E-state index contributed by atoms with van der Waals surface area (Å²) in [5.74, 6) is -0.351. The molecule has 0 aliphatic heterocycles. The van der Waals surface area contributed by atoms with Crippen LogP contribution in [0.5, 0.6) is 0 Å². The van der Waals surface area contributed by atoms with Crippen LogP contribution in [0.15, 0.2) is 42.7 Å². The number of pyridine rings is 1. The highest BCUT2D eigenvalue weighted by atomic mass is 16.5. The van der Waals surface area contributed by atoms with Crippen molar-refractivity contribution in [2.45, 2.75) is 13.3 Å². The van der Waals surface area contributed by atoms with Crippen LogP contribution in [0.1, 0.15) is 21.5 Å². The molecule has 2 aromatic rings. The number of carbonyl (C=O) groups is 1. The number of aromatic nitrogens is 1. The van der Waals surface area contributed by atoms with Crippen molar-refractivity contribution >= 4 is 11.7 Å². The summed E-state index contributed by atoms with van der Waals surface area (Å²) < 4.78 is 5.20. The monoisotopic (exact) mass is 256 g/mol. The zero-order valence-electron chi connectivity index (χ0n) is 10.8. The van der Waals surface area contributed by atoms with Crippen LogP contribution >= 0.6 is 0 Å². The lowest BCUT2D eigenvalue weighted by Crippen LogP contribution is -2.09. The van der Waals surface area contributed by atoms with Gasteiger partial charge in [-0.1, -0.05) is 12.1 Å². The molecule has 19 heavy (non-hydrogen) atoms. The van der Waals surface area contributed by atoms with E-state index in [1.165, 1.54) is 0 Å². The lowest BCUT2D eigenvalue weighted by molar-refractivity contribution is 0.0509. The number of nitrogens with zero attached hydrogens (tertiary/aromatic N) is 1. The van der Waals surface area contributed by atoms with Crippen LogP contribution in [-0.4, -0.2) is 17.6 Å². The second-order valence-corrected chi connectivity index (χ2v) is 4.32. The van der Waals surface area contributed by atoms with E-state index in [2.05, 4.69) is 4.98 Å². The maximum atomic E-state index is 11.8. The Morgan fingerprint density at radius 2 is 2.21 bits per heavy atom. The Morgan fingerprint density at radius 1 is 1.37 bits per heavy atom. The molecular formula is C15H16N2O2. The number of nitrogen functional groups attached to an aromatic ring is 1. The molecule has 0 spiro atoms. The van der Waals surface area contributed by atoms with E-state index in [9.17, 15) is 4.79 Å². The van der Waals surface area contributed by atoms with Crippen molar-refractivity contribution in [1.82, 2.24) is 4.98 Å². The second-order valence-electron chi connectivity index (χ2n) is 4.32. The van der Waals surface area contributed by atoms with Crippen LogP contribution in [0.4, 0.5) is 5.69 Å². The minimum Gasteiger partial charge on any atom is -0.462 e. The minimum atomic E-state index is -0.351. The molecule has 0 aliphatic rings. The van der Waals surface area contributed by atoms with Gasteiger partial charge in [0.2, 0.25) is 0 Å². The molecular weight excluding hydrogens is 240 g/mol. The molecule has 0 saturated carbocycles. The molecule has 0 fully saturated rings. The summed E-state index contributed by atoms with van der Waals surface area (Å²) in [5, 5.41) is 0. The molecule has 2 rings (SSSR count). The van der Waals surface area contributed by atoms with Crippen molar-refractivity contribution < 1.29 is 9.53 Å². The molecule has 0 amide bonds. The summed E-state index contributed by atoms with van der Waals surface area (Å²) in [6.07, 6.45) is 4.13. The summed E-state index contributed by atoms with van der Waals surface area (Å²) in [5.41, 5.74) is 8.83. The van der Waals surface area contributed by atoms with Gasteiger partial charge in [0.05, 0.1) is 12.2 Å². The molecule has 0 saturated heterocycles. The van der Waals surface area contributed by atoms with Gasteiger partial charge in [0.25, 0.3) is 0 Å². The number of ether oxygens (including phenoxy) is 1. The Morgan fingerprint density at radius 3 is 2.89 bits per heavy atom. The van der Waals surface area contributed by atoms with Crippen molar-refractivity contribution in [3.63, 3.8) is 0 Å². The van der Waals surface area contributed by atoms with E-state index >= 15 is 0 Å². The summed E-state index contributed by atoms with van der Waals surface area (Å²) in [7, 11) is 0. The van der Waals surface area contributed by atoms with Crippen molar-refractivity contribution in [3.05, 3.63) is 59.4 Å². The number of aryl methyl sites for hydroxylation is 1. The molecule has 0 bridgehead atoms. The highest BCUT2D eigenvalue weighted by Gasteiger charge is 2.08. The SMILES string of the molecule is Cc1ccc(C(=O)OCCc2cccnc2)cc1N. The normalized spacial score (nSPS) is 10.2. The van der Waals surface area contributed by atoms with Gasteiger partial charge in [0.1, 0.15) is 0 Å². The Bertz CT molecular complexity index is 568. The standard InChI is InChI=1S/C15H16N2O2/c1-11-4-5-13(9-14(11)16)15(18)19-8-6-12-3-2-7-17-10-12/h2-5,7,9-10H,6,8,16H2,1H3. The number of hydrogen-bond acceptors (Lipinski definition) is 4. The van der Waals surface area contributed by atoms with E-state index in [1.54, 1.807) is 24.5 Å². The zero-order chi connectivity index (χ0) is 13.7. The Kier molecular flexibility index (Phi) is 4.13. The van der Waals surface area contributed by atoms with E-state index < -0.39 is 0 Å². The Hall–Kier alpha value is -2.36. The van der Waals surface area contributed by atoms with E-state index in [-0.39, 0.29) is 5.97 Å². The van der Waals surface area contributed by atoms with Crippen molar-refractivity contribution in [1.29, 1.82) is 0 Å². The highest BCUT2D eigenvalue weighted by molar-refractivity contribution is 5.90. The van der Waals surface area contributed by atoms with Crippen LogP contribution in [0, 0.1) is 6.92 Å². The number of nitrogens with two attached hydrogens (primary N) is 1. The largest absolute Gasteiger partial charge is 0.462 e. The van der Waals surface area contributed by atoms with Crippen LogP contribution in [0.25, 0.3) is 0 Å². The molecule has 2 N–H and O–H groups in total. The average molecular weight is 256 g/mol. The lowest BCUT2D eigenvalue weighted by Gasteiger charge is -2.06. The summed E-state index contributed by atoms with van der Waals surface area (Å²) in [4.78, 5) is 15.8. The third kappa shape index (κ3) is 3.55. The van der Waals surface area contributed by atoms with Crippen LogP contribution in [0.3, 0.4) is 0 Å². The van der Waals surface area contributed by atoms with Gasteiger partial charge in [-0.25, -0.2) is 4.79 Å². The van der Waals surface area contributed by atoms with Crippen molar-refractivity contribution in [2.75, 3.05) is 12.3 Å². The number of anilines is 1. The van der Waals surface area contributed by atoms with Crippen LogP contribution in [-0.2, 0) is 11.2 Å². The predicted molar refractivity (Wildman–Crippen MR) is 73.8 cm³/mol. The topological polar surface area (TPSA) is 65.2 Å². The minimum absolute atomic E-state index is 0.332. The lowest BCUT2D eigenvalue weighted by atomic mass is 10.1. The Labute approximate surface area is 112 Å². The van der Waals surface area contributed by atoms with Gasteiger partial charge in [-0.15, -0.1) is 0 Å². The first-order chi connectivity index (χ1) is 9.16. The predicted octanol–water partition coefficient (Wildman–Crippen LogP) is 2.37. The Balaban J connectivity index is 1.89.